The minimum atomic E-state index is -0.849. The number of fused-ring (bicyclic) bond motifs is 2. The standard InChI is InChI=1S/C44H37N7O/c52-43(49-39(29-46-35-21-22-35)30-13-5-1-6-14-30)42-47-37-27-36-40(28-38(37)48-42)51(50-41(36)31-23-25-45-26-24-31)44(32-15-7-2-8-16-32,33-17-9-3-10-18-33)34-19-11-4-12-20-34/h1-20,23-28,35,39,46H,21-22,29H2,(H,47,48)(H,49,52). The first kappa shape index (κ1) is 31.6. The molecule has 0 bridgehead atoms. The Labute approximate surface area is 301 Å². The maximum atomic E-state index is 13.9. The van der Waals surface area contributed by atoms with Crippen LogP contribution in [0.4, 0.5) is 0 Å². The van der Waals surface area contributed by atoms with E-state index in [1.54, 1.807) is 12.4 Å². The van der Waals surface area contributed by atoms with Gasteiger partial charge in [0, 0.05) is 35.9 Å². The van der Waals surface area contributed by atoms with Crippen molar-refractivity contribution in [1.29, 1.82) is 0 Å². The van der Waals surface area contributed by atoms with E-state index in [2.05, 4.69) is 116 Å². The summed E-state index contributed by atoms with van der Waals surface area (Å²) in [4.78, 5) is 26.4. The van der Waals surface area contributed by atoms with Gasteiger partial charge >= 0.3 is 0 Å². The topological polar surface area (TPSA) is 101 Å². The van der Waals surface area contributed by atoms with Crippen LogP contribution in [-0.4, -0.2) is 43.2 Å². The average Bonchev–Trinajstić information content (AvgIpc) is 3.84. The third kappa shape index (κ3) is 5.73. The number of hydrogen-bond donors (Lipinski definition) is 3. The zero-order valence-corrected chi connectivity index (χ0v) is 28.5. The molecule has 1 amide bonds. The lowest BCUT2D eigenvalue weighted by atomic mass is 9.77. The Morgan fingerprint density at radius 2 is 1.35 bits per heavy atom. The summed E-state index contributed by atoms with van der Waals surface area (Å²) >= 11 is 0. The molecule has 0 saturated heterocycles. The van der Waals surface area contributed by atoms with Gasteiger partial charge in [0.15, 0.2) is 5.82 Å². The molecule has 0 spiro atoms. The number of nitrogens with zero attached hydrogens (tertiary/aromatic N) is 4. The smallest absolute Gasteiger partial charge is 0.287 e. The highest BCUT2D eigenvalue weighted by molar-refractivity contribution is 6.03. The Balaban J connectivity index is 1.24. The molecule has 5 aromatic carbocycles. The number of amides is 1. The van der Waals surface area contributed by atoms with Crippen molar-refractivity contribution in [1.82, 2.24) is 35.4 Å². The van der Waals surface area contributed by atoms with Crippen LogP contribution in [0.1, 0.15) is 51.8 Å². The van der Waals surface area contributed by atoms with Crippen LogP contribution in [-0.2, 0) is 5.54 Å². The fourth-order valence-electron chi connectivity index (χ4n) is 7.35. The zero-order chi connectivity index (χ0) is 34.9. The molecule has 52 heavy (non-hydrogen) atoms. The van der Waals surface area contributed by atoms with E-state index >= 15 is 0 Å². The molecule has 1 aliphatic carbocycles. The van der Waals surface area contributed by atoms with Crippen LogP contribution in [0.3, 0.4) is 0 Å². The quantitative estimate of drug-likeness (QED) is 0.120. The van der Waals surface area contributed by atoms with Crippen LogP contribution in [0.25, 0.3) is 33.2 Å². The monoisotopic (exact) mass is 679 g/mol. The highest BCUT2D eigenvalue weighted by Gasteiger charge is 2.41. The molecule has 1 fully saturated rings. The lowest BCUT2D eigenvalue weighted by Gasteiger charge is -2.37. The molecule has 254 valence electrons. The molecule has 0 radical (unpaired) electrons. The number of benzene rings is 5. The number of nitrogens with one attached hydrogen (secondary N) is 3. The third-order valence-electron chi connectivity index (χ3n) is 10.0. The summed E-state index contributed by atoms with van der Waals surface area (Å²) in [5.74, 6) is 0.00955. The first-order valence-corrected chi connectivity index (χ1v) is 17.8. The van der Waals surface area contributed by atoms with Gasteiger partial charge in [-0.15, -0.1) is 0 Å². The van der Waals surface area contributed by atoms with E-state index in [1.807, 2.05) is 54.6 Å². The van der Waals surface area contributed by atoms with Crippen molar-refractivity contribution in [3.8, 4) is 11.3 Å². The molecule has 8 heteroatoms. The predicted molar refractivity (Wildman–Crippen MR) is 205 cm³/mol. The average molecular weight is 680 g/mol. The van der Waals surface area contributed by atoms with E-state index in [1.165, 1.54) is 12.8 Å². The number of carbonyl (C=O) groups is 1. The first-order valence-electron chi connectivity index (χ1n) is 17.8. The number of rotatable bonds is 11. The van der Waals surface area contributed by atoms with Gasteiger partial charge in [0.25, 0.3) is 5.91 Å². The van der Waals surface area contributed by atoms with E-state index in [9.17, 15) is 4.79 Å². The maximum Gasteiger partial charge on any atom is 0.287 e. The Morgan fingerprint density at radius 3 is 1.92 bits per heavy atom. The van der Waals surface area contributed by atoms with Crippen molar-refractivity contribution in [2.24, 2.45) is 0 Å². The molecule has 3 N–H and O–H groups in total. The minimum Gasteiger partial charge on any atom is -0.341 e. The summed E-state index contributed by atoms with van der Waals surface area (Å²) in [5.41, 5.74) is 7.45. The van der Waals surface area contributed by atoms with Gasteiger partial charge in [-0.2, -0.15) is 5.10 Å². The van der Waals surface area contributed by atoms with Gasteiger partial charge < -0.3 is 15.6 Å². The highest BCUT2D eigenvalue weighted by Crippen LogP contribution is 2.44. The number of aromatic amines is 1. The molecule has 8 nitrogen and oxygen atoms in total. The van der Waals surface area contributed by atoms with E-state index in [0.29, 0.717) is 18.1 Å². The van der Waals surface area contributed by atoms with E-state index in [-0.39, 0.29) is 17.8 Å². The second kappa shape index (κ2) is 13.4. The van der Waals surface area contributed by atoms with Crippen LogP contribution < -0.4 is 10.6 Å². The van der Waals surface area contributed by atoms with Crippen molar-refractivity contribution in [2.45, 2.75) is 30.5 Å². The summed E-state index contributed by atoms with van der Waals surface area (Å²) < 4.78 is 2.15. The van der Waals surface area contributed by atoms with Crippen LogP contribution in [0.15, 0.2) is 158 Å². The molecule has 3 heterocycles. The Kier molecular flexibility index (Phi) is 8.14. The van der Waals surface area contributed by atoms with E-state index < -0.39 is 5.54 Å². The maximum absolute atomic E-state index is 13.9. The van der Waals surface area contributed by atoms with E-state index in [4.69, 9.17) is 10.1 Å². The predicted octanol–water partition coefficient (Wildman–Crippen LogP) is 8.04. The molecule has 1 aliphatic rings. The van der Waals surface area contributed by atoms with Gasteiger partial charge in [-0.05, 0) is 59.4 Å². The van der Waals surface area contributed by atoms with Gasteiger partial charge in [0.05, 0.1) is 22.6 Å². The lowest BCUT2D eigenvalue weighted by molar-refractivity contribution is 0.0926. The molecule has 1 saturated carbocycles. The van der Waals surface area contributed by atoms with Crippen molar-refractivity contribution in [2.75, 3.05) is 6.54 Å². The number of aromatic nitrogens is 5. The number of H-pyrrole nitrogens is 1. The fraction of sp³-hybridized carbons (Fsp3) is 0.136. The largest absolute Gasteiger partial charge is 0.341 e. The van der Waals surface area contributed by atoms with Crippen molar-refractivity contribution < 1.29 is 4.79 Å². The molecule has 0 aliphatic heterocycles. The van der Waals surface area contributed by atoms with Crippen LogP contribution >= 0.6 is 0 Å². The van der Waals surface area contributed by atoms with Crippen molar-refractivity contribution in [3.63, 3.8) is 0 Å². The molecular weight excluding hydrogens is 643 g/mol. The summed E-state index contributed by atoms with van der Waals surface area (Å²) in [7, 11) is 0. The second-order valence-electron chi connectivity index (χ2n) is 13.4. The Hall–Kier alpha value is -6.38. The van der Waals surface area contributed by atoms with Gasteiger partial charge in [-0.25, -0.2) is 9.67 Å². The van der Waals surface area contributed by atoms with Crippen LogP contribution in [0.2, 0.25) is 0 Å². The fourth-order valence-corrected chi connectivity index (χ4v) is 7.35. The third-order valence-corrected chi connectivity index (χ3v) is 10.0. The second-order valence-corrected chi connectivity index (χ2v) is 13.4. The molecule has 3 aromatic heterocycles. The number of carbonyl (C=O) groups excluding carboxylic acids is 1. The van der Waals surface area contributed by atoms with Crippen LogP contribution in [0, 0.1) is 0 Å². The van der Waals surface area contributed by atoms with Gasteiger partial charge in [-0.3, -0.25) is 9.78 Å². The molecule has 8 aromatic rings. The first-order chi connectivity index (χ1) is 25.7. The molecular formula is C44H37N7O. The summed E-state index contributed by atoms with van der Waals surface area (Å²) in [5, 5.41) is 13.2. The number of pyridine rings is 1. The minimum absolute atomic E-state index is 0.198. The zero-order valence-electron chi connectivity index (χ0n) is 28.5. The summed E-state index contributed by atoms with van der Waals surface area (Å²) in [6.07, 6.45) is 5.92. The Morgan fingerprint density at radius 1 is 0.769 bits per heavy atom. The van der Waals surface area contributed by atoms with Crippen molar-refractivity contribution in [3.05, 3.63) is 186 Å². The molecule has 1 unspecified atom stereocenters. The highest BCUT2D eigenvalue weighted by atomic mass is 16.2. The summed E-state index contributed by atoms with van der Waals surface area (Å²) in [6.45, 7) is 0.649. The van der Waals surface area contributed by atoms with Gasteiger partial charge in [0.2, 0.25) is 0 Å². The van der Waals surface area contributed by atoms with Crippen molar-refractivity contribution >= 4 is 27.8 Å². The SMILES string of the molecule is O=C(NC(CNC1CC1)c1ccccc1)c1nc2cc3c(-c4ccncc4)nn(C(c4ccccc4)(c4ccccc4)c4ccccc4)c3cc2[nH]1. The molecule has 9 rings (SSSR count). The van der Waals surface area contributed by atoms with E-state index in [0.717, 1.165) is 49.9 Å². The summed E-state index contributed by atoms with van der Waals surface area (Å²) in [6, 6.07) is 50.1. The Bertz CT molecular complexity index is 2360. The number of imidazole rings is 1. The van der Waals surface area contributed by atoms with Gasteiger partial charge in [0.1, 0.15) is 11.2 Å². The van der Waals surface area contributed by atoms with Crippen LogP contribution in [0.5, 0.6) is 0 Å². The van der Waals surface area contributed by atoms with Gasteiger partial charge in [-0.1, -0.05) is 121 Å². The molecule has 1 atom stereocenters. The normalized spacial score (nSPS) is 13.7. The number of hydrogen-bond acceptors (Lipinski definition) is 5. The lowest BCUT2D eigenvalue weighted by Crippen LogP contribution is -2.38.